The minimum absolute atomic E-state index is 0.210. The van der Waals surface area contributed by atoms with E-state index in [0.29, 0.717) is 6.29 Å². The summed E-state index contributed by atoms with van der Waals surface area (Å²) in [6.07, 6.45) is 5.77. The number of aliphatic hydroxyl groups is 1. The van der Waals surface area contributed by atoms with Gasteiger partial charge in [0.2, 0.25) is 6.29 Å². The van der Waals surface area contributed by atoms with Gasteiger partial charge in [-0.3, -0.25) is 4.79 Å². The second kappa shape index (κ2) is 5.77. The van der Waals surface area contributed by atoms with Crippen LogP contribution < -0.4 is 4.57 Å². The van der Waals surface area contributed by atoms with Crippen molar-refractivity contribution in [2.75, 3.05) is 0 Å². The van der Waals surface area contributed by atoms with E-state index in [2.05, 4.69) is 12.1 Å². The summed E-state index contributed by atoms with van der Waals surface area (Å²) in [5.41, 5.74) is 2.60. The molecule has 0 spiro atoms. The normalized spacial score (nSPS) is 11.2. The minimum atomic E-state index is 0.210. The first-order valence-corrected chi connectivity index (χ1v) is 5.67. The molecular weight excluding hydrogens is 226 g/mol. The highest BCUT2D eigenvalue weighted by Crippen LogP contribution is 2.07. The van der Waals surface area contributed by atoms with E-state index in [1.54, 1.807) is 17.0 Å². The molecule has 1 aromatic carbocycles. The molecule has 2 aromatic rings. The molecule has 1 aromatic heterocycles. The Hall–Kier alpha value is -2.42. The molecule has 2 rings (SSSR count). The van der Waals surface area contributed by atoms with Crippen LogP contribution in [0.5, 0.6) is 0 Å². The molecule has 0 radical (unpaired) electrons. The molecular formula is C15H14NO2+. The van der Waals surface area contributed by atoms with E-state index in [-0.39, 0.29) is 5.70 Å². The lowest BCUT2D eigenvalue weighted by Gasteiger charge is -2.00. The van der Waals surface area contributed by atoms with Gasteiger partial charge in [-0.25, -0.2) is 0 Å². The van der Waals surface area contributed by atoms with E-state index in [1.165, 1.54) is 5.56 Å². The third kappa shape index (κ3) is 2.83. The van der Waals surface area contributed by atoms with Gasteiger partial charge in [0.05, 0.1) is 0 Å². The van der Waals surface area contributed by atoms with Gasteiger partial charge in [-0.2, -0.15) is 4.57 Å². The largest absolute Gasteiger partial charge is 0.509 e. The highest BCUT2D eigenvalue weighted by molar-refractivity contribution is 5.92. The van der Waals surface area contributed by atoms with Crippen LogP contribution >= 0.6 is 0 Å². The number of hydrogen-bond donors (Lipinski definition) is 1. The third-order valence-corrected chi connectivity index (χ3v) is 2.70. The Labute approximate surface area is 106 Å². The second-order valence-electron chi connectivity index (χ2n) is 3.95. The molecule has 18 heavy (non-hydrogen) atoms. The molecule has 0 aliphatic rings. The number of pyridine rings is 1. The fourth-order valence-electron chi connectivity index (χ4n) is 1.74. The molecule has 0 aliphatic heterocycles. The van der Waals surface area contributed by atoms with Gasteiger partial charge < -0.3 is 5.11 Å². The average Bonchev–Trinajstić information content (AvgIpc) is 2.43. The number of benzene rings is 1. The van der Waals surface area contributed by atoms with Gasteiger partial charge in [-0.1, -0.05) is 30.3 Å². The first-order valence-electron chi connectivity index (χ1n) is 5.67. The summed E-state index contributed by atoms with van der Waals surface area (Å²) in [7, 11) is 0. The summed E-state index contributed by atoms with van der Waals surface area (Å²) in [5, 5.41) is 8.87. The van der Waals surface area contributed by atoms with Crippen LogP contribution in [-0.2, 0) is 11.2 Å². The quantitative estimate of drug-likeness (QED) is 0.385. The Morgan fingerprint density at radius 3 is 2.22 bits per heavy atom. The van der Waals surface area contributed by atoms with E-state index in [9.17, 15) is 4.79 Å². The molecule has 0 saturated heterocycles. The van der Waals surface area contributed by atoms with Gasteiger partial charge >= 0.3 is 0 Å². The number of carbonyl (C=O) groups is 1. The number of allylic oxidation sites excluding steroid dienone is 1. The smallest absolute Gasteiger partial charge is 0.285 e. The number of aromatic nitrogens is 1. The monoisotopic (exact) mass is 240 g/mol. The number of aldehydes is 1. The fourth-order valence-corrected chi connectivity index (χ4v) is 1.74. The van der Waals surface area contributed by atoms with Crippen molar-refractivity contribution in [3.05, 3.63) is 72.2 Å². The summed E-state index contributed by atoms with van der Waals surface area (Å²) in [4.78, 5) is 10.7. The van der Waals surface area contributed by atoms with E-state index >= 15 is 0 Å². The molecule has 0 saturated carbocycles. The highest BCUT2D eigenvalue weighted by Gasteiger charge is 2.08. The molecule has 3 nitrogen and oxygen atoms in total. The van der Waals surface area contributed by atoms with Crippen molar-refractivity contribution >= 4 is 12.0 Å². The van der Waals surface area contributed by atoms with Crippen molar-refractivity contribution < 1.29 is 14.5 Å². The van der Waals surface area contributed by atoms with Crippen molar-refractivity contribution in [1.82, 2.24) is 0 Å². The molecule has 3 heteroatoms. The molecule has 0 unspecified atom stereocenters. The van der Waals surface area contributed by atoms with E-state index in [1.807, 2.05) is 30.3 Å². The summed E-state index contributed by atoms with van der Waals surface area (Å²) in [5.74, 6) is 0. The van der Waals surface area contributed by atoms with Crippen LogP contribution in [0.4, 0.5) is 0 Å². The number of rotatable bonds is 4. The van der Waals surface area contributed by atoms with Gasteiger partial charge in [0.15, 0.2) is 18.7 Å². The van der Waals surface area contributed by atoms with Gasteiger partial charge in [0.1, 0.15) is 0 Å². The lowest BCUT2D eigenvalue weighted by Crippen LogP contribution is -2.32. The zero-order valence-corrected chi connectivity index (χ0v) is 9.86. The van der Waals surface area contributed by atoms with Crippen LogP contribution in [0.2, 0.25) is 0 Å². The standard InChI is InChI=1S/C15H13NO2/c17-11-15(12-18)16-8-6-14(7-9-16)10-13-4-2-1-3-5-13/h1-9,11-12H,10H2/p+1. The van der Waals surface area contributed by atoms with Crippen LogP contribution in [0, 0.1) is 0 Å². The van der Waals surface area contributed by atoms with Crippen LogP contribution in [0.15, 0.2) is 61.1 Å². The lowest BCUT2D eigenvalue weighted by molar-refractivity contribution is -0.577. The molecule has 90 valence electrons. The number of nitrogens with zero attached hydrogens (tertiary/aromatic N) is 1. The maximum absolute atomic E-state index is 10.7. The molecule has 0 amide bonds. The van der Waals surface area contributed by atoms with Crippen molar-refractivity contribution in [1.29, 1.82) is 0 Å². The summed E-state index contributed by atoms with van der Waals surface area (Å²) >= 11 is 0. The first-order chi connectivity index (χ1) is 8.83. The van der Waals surface area contributed by atoms with Gasteiger partial charge in [-0.05, 0) is 17.5 Å². The zero-order valence-electron chi connectivity index (χ0n) is 9.86. The minimum Gasteiger partial charge on any atom is -0.509 e. The average molecular weight is 240 g/mol. The predicted octanol–water partition coefficient (Wildman–Crippen LogP) is 2.12. The van der Waals surface area contributed by atoms with Crippen LogP contribution in [0.1, 0.15) is 11.1 Å². The summed E-state index contributed by atoms with van der Waals surface area (Å²) in [6.45, 7) is 0. The summed E-state index contributed by atoms with van der Waals surface area (Å²) < 4.78 is 1.57. The fraction of sp³-hybridized carbons (Fsp3) is 0.0667. The maximum atomic E-state index is 10.7. The number of aliphatic hydroxyl groups excluding tert-OH is 1. The third-order valence-electron chi connectivity index (χ3n) is 2.70. The van der Waals surface area contributed by atoms with Gasteiger partial charge in [0.25, 0.3) is 5.70 Å². The molecule has 0 bridgehead atoms. The highest BCUT2D eigenvalue weighted by atomic mass is 16.2. The Balaban J connectivity index is 2.16. The second-order valence-corrected chi connectivity index (χ2v) is 3.95. The van der Waals surface area contributed by atoms with E-state index in [4.69, 9.17) is 5.11 Å². The maximum Gasteiger partial charge on any atom is 0.285 e. The Morgan fingerprint density at radius 2 is 1.67 bits per heavy atom. The van der Waals surface area contributed by atoms with Crippen molar-refractivity contribution in [3.8, 4) is 0 Å². The summed E-state index contributed by atoms with van der Waals surface area (Å²) in [6, 6.07) is 14.0. The van der Waals surface area contributed by atoms with Crippen LogP contribution in [0.3, 0.4) is 0 Å². The van der Waals surface area contributed by atoms with E-state index in [0.717, 1.165) is 18.2 Å². The molecule has 1 heterocycles. The predicted molar refractivity (Wildman–Crippen MR) is 68.9 cm³/mol. The Bertz CT molecular complexity index is 544. The first kappa shape index (κ1) is 12.0. The Kier molecular flexibility index (Phi) is 3.86. The van der Waals surface area contributed by atoms with Crippen molar-refractivity contribution in [2.24, 2.45) is 0 Å². The Morgan fingerprint density at radius 1 is 1.06 bits per heavy atom. The van der Waals surface area contributed by atoms with Crippen LogP contribution in [0.25, 0.3) is 5.70 Å². The van der Waals surface area contributed by atoms with Crippen molar-refractivity contribution in [2.45, 2.75) is 6.42 Å². The SMILES string of the molecule is O=C/C(=C\O)[n+]1ccc(Cc2ccccc2)cc1. The molecule has 0 atom stereocenters. The van der Waals surface area contributed by atoms with Gasteiger partial charge in [0, 0.05) is 12.1 Å². The van der Waals surface area contributed by atoms with E-state index < -0.39 is 0 Å². The number of hydrogen-bond acceptors (Lipinski definition) is 2. The zero-order chi connectivity index (χ0) is 12.8. The molecule has 0 fully saturated rings. The van der Waals surface area contributed by atoms with Crippen molar-refractivity contribution in [3.63, 3.8) is 0 Å². The molecule has 0 aliphatic carbocycles. The van der Waals surface area contributed by atoms with Gasteiger partial charge in [-0.15, -0.1) is 0 Å². The topological polar surface area (TPSA) is 41.2 Å². The number of carbonyl (C=O) groups excluding carboxylic acids is 1. The molecule has 1 N–H and O–H groups in total. The van der Waals surface area contributed by atoms with Crippen LogP contribution in [-0.4, -0.2) is 11.4 Å². The lowest BCUT2D eigenvalue weighted by atomic mass is 10.1.